The zero-order valence-electron chi connectivity index (χ0n) is 26.8. The molecule has 258 valence electrons. The first-order valence-corrected chi connectivity index (χ1v) is 18.1. The summed E-state index contributed by atoms with van der Waals surface area (Å²) in [5.41, 5.74) is 0.868. The summed E-state index contributed by atoms with van der Waals surface area (Å²) in [5.74, 6) is -2.72. The zero-order chi connectivity index (χ0) is 33.9. The van der Waals surface area contributed by atoms with Crippen molar-refractivity contribution in [3.63, 3.8) is 0 Å². The lowest BCUT2D eigenvalue weighted by Gasteiger charge is -2.40. The number of fused-ring (bicyclic) bond motifs is 2. The monoisotopic (exact) mass is 696 g/mol. The van der Waals surface area contributed by atoms with E-state index < -0.39 is 45.6 Å². The molecule has 3 fully saturated rings. The number of nitrogens with one attached hydrogen (secondary N) is 3. The van der Waals surface area contributed by atoms with E-state index in [2.05, 4.69) is 16.0 Å². The first kappa shape index (κ1) is 35.5. The molecule has 47 heavy (non-hydrogen) atoms. The number of amides is 2. The number of hydrogen-bond acceptors (Lipinski definition) is 7. The van der Waals surface area contributed by atoms with Gasteiger partial charge >= 0.3 is 6.09 Å². The van der Waals surface area contributed by atoms with Gasteiger partial charge in [0.05, 0.1) is 30.1 Å². The highest BCUT2D eigenvalue weighted by Gasteiger charge is 2.41. The summed E-state index contributed by atoms with van der Waals surface area (Å²) in [5, 5.41) is 8.83. The highest BCUT2D eigenvalue weighted by atomic mass is 35.5. The molecule has 2 aromatic carbocycles. The van der Waals surface area contributed by atoms with Crippen molar-refractivity contribution < 1.29 is 36.3 Å². The average molecular weight is 697 g/mol. The third kappa shape index (κ3) is 8.43. The lowest BCUT2D eigenvalue weighted by atomic mass is 9.74. The normalized spacial score (nSPS) is 28.4. The molecule has 0 aromatic heterocycles. The number of rotatable bonds is 9. The van der Waals surface area contributed by atoms with E-state index in [4.69, 9.17) is 21.1 Å². The van der Waals surface area contributed by atoms with Crippen molar-refractivity contribution in [1.82, 2.24) is 14.9 Å². The lowest BCUT2D eigenvalue weighted by Crippen LogP contribution is -2.57. The molecule has 2 amide bonds. The van der Waals surface area contributed by atoms with Crippen LogP contribution in [0.25, 0.3) is 0 Å². The molecule has 14 heteroatoms. The summed E-state index contributed by atoms with van der Waals surface area (Å²) >= 11 is 6.00. The third-order valence-electron chi connectivity index (χ3n) is 9.54. The van der Waals surface area contributed by atoms with E-state index in [-0.39, 0.29) is 58.7 Å². The second-order valence-electron chi connectivity index (χ2n) is 12.9. The van der Waals surface area contributed by atoms with E-state index in [0.717, 1.165) is 6.42 Å². The molecule has 2 aromatic rings. The molecule has 2 bridgehead atoms. The fourth-order valence-corrected chi connectivity index (χ4v) is 9.33. The van der Waals surface area contributed by atoms with Crippen LogP contribution in [0.2, 0.25) is 5.02 Å². The second-order valence-corrected chi connectivity index (χ2v) is 15.3. The van der Waals surface area contributed by atoms with Gasteiger partial charge < -0.3 is 25.4 Å². The number of methoxy groups -OCH3 is 1. The van der Waals surface area contributed by atoms with Gasteiger partial charge in [-0.05, 0) is 88.1 Å². The van der Waals surface area contributed by atoms with E-state index in [0.29, 0.717) is 44.3 Å². The minimum Gasteiger partial charge on any atom is -0.453 e. The number of benzene rings is 2. The van der Waals surface area contributed by atoms with Crippen molar-refractivity contribution in [3.05, 3.63) is 64.2 Å². The number of carbonyl (C=O) groups excluding carboxylic acids is 2. The molecular formula is C33H43ClF2N4O6S. The summed E-state index contributed by atoms with van der Waals surface area (Å²) in [4.78, 5) is 26.9. The van der Waals surface area contributed by atoms with Crippen LogP contribution in [0.4, 0.5) is 19.3 Å². The van der Waals surface area contributed by atoms with Crippen LogP contribution < -0.4 is 16.0 Å². The quantitative estimate of drug-likeness (QED) is 0.338. The van der Waals surface area contributed by atoms with Crippen LogP contribution in [-0.2, 0) is 30.7 Å². The van der Waals surface area contributed by atoms with Gasteiger partial charge in [-0.25, -0.2) is 22.0 Å². The predicted octanol–water partition coefficient (Wildman–Crippen LogP) is 4.97. The molecule has 0 radical (unpaired) electrons. The van der Waals surface area contributed by atoms with Crippen molar-refractivity contribution >= 4 is 39.3 Å². The summed E-state index contributed by atoms with van der Waals surface area (Å²) in [6, 6.07) is 7.12. The highest BCUT2D eigenvalue weighted by molar-refractivity contribution is 7.89. The summed E-state index contributed by atoms with van der Waals surface area (Å²) in [6.07, 6.45) is 1.75. The Morgan fingerprint density at radius 2 is 1.89 bits per heavy atom. The number of nitrogens with zero attached hydrogens (tertiary/aromatic N) is 1. The van der Waals surface area contributed by atoms with Gasteiger partial charge in [-0.3, -0.25) is 4.79 Å². The number of halogens is 3. The molecular weight excluding hydrogens is 654 g/mol. The van der Waals surface area contributed by atoms with Crippen molar-refractivity contribution in [2.45, 2.75) is 88.6 Å². The highest BCUT2D eigenvalue weighted by Crippen LogP contribution is 2.40. The molecule has 3 aliphatic rings. The number of alkyl carbamates (subject to hydrolysis) is 1. The third-order valence-corrected chi connectivity index (χ3v) is 11.8. The number of hydrogen-bond donors (Lipinski definition) is 3. The van der Waals surface area contributed by atoms with Crippen molar-refractivity contribution in [3.8, 4) is 0 Å². The van der Waals surface area contributed by atoms with Gasteiger partial charge in [0.1, 0.15) is 17.7 Å². The Bertz CT molecular complexity index is 1560. The molecule has 0 aliphatic carbocycles. The molecule has 5 rings (SSSR count). The van der Waals surface area contributed by atoms with E-state index in [1.54, 1.807) is 16.4 Å². The number of piperazine rings is 1. The fraction of sp³-hybridized carbons (Fsp3) is 0.576. The summed E-state index contributed by atoms with van der Waals surface area (Å²) < 4.78 is 68.6. The van der Waals surface area contributed by atoms with Crippen molar-refractivity contribution in [2.75, 3.05) is 31.3 Å². The Labute approximate surface area is 279 Å². The van der Waals surface area contributed by atoms with E-state index in [1.807, 2.05) is 13.8 Å². The Morgan fingerprint density at radius 1 is 1.15 bits per heavy atom. The first-order chi connectivity index (χ1) is 22.4. The van der Waals surface area contributed by atoms with E-state index in [9.17, 15) is 22.4 Å². The molecule has 0 spiro atoms. The van der Waals surface area contributed by atoms with Crippen LogP contribution in [0.5, 0.6) is 0 Å². The maximum absolute atomic E-state index is 15.4. The molecule has 3 unspecified atom stereocenters. The van der Waals surface area contributed by atoms with Gasteiger partial charge in [0.25, 0.3) is 0 Å². The first-order valence-electron chi connectivity index (χ1n) is 16.1. The van der Waals surface area contributed by atoms with Crippen LogP contribution in [-0.4, -0.2) is 81.0 Å². The largest absolute Gasteiger partial charge is 0.453 e. The van der Waals surface area contributed by atoms with Crippen LogP contribution in [0.15, 0.2) is 36.4 Å². The SMILES string of the molecule is COC(=O)NC(C(=O)Nc1cccc(F)c1CC[C@H]1CN[C@@H]2CCCS(=O)(=O)N1C2)[C@@H](c1ccc(Cl)c(F)c1)C1C[C@@H](C)O[C@@H](C)C1. The van der Waals surface area contributed by atoms with E-state index in [1.165, 1.54) is 31.4 Å². The van der Waals surface area contributed by atoms with Gasteiger partial charge in [-0.2, -0.15) is 4.31 Å². The van der Waals surface area contributed by atoms with Gasteiger partial charge in [-0.15, -0.1) is 0 Å². The summed E-state index contributed by atoms with van der Waals surface area (Å²) in [6.45, 7) is 4.67. The van der Waals surface area contributed by atoms with Crippen LogP contribution in [0, 0.1) is 17.6 Å². The molecule has 10 nitrogen and oxygen atoms in total. The second kappa shape index (κ2) is 15.1. The Hall–Kier alpha value is -2.84. The molecule has 3 N–H and O–H groups in total. The lowest BCUT2D eigenvalue weighted by molar-refractivity contribution is -0.120. The number of carbonyl (C=O) groups is 2. The minimum absolute atomic E-state index is 0.0794. The molecule has 3 heterocycles. The van der Waals surface area contributed by atoms with Crippen LogP contribution in [0.1, 0.15) is 63.0 Å². The van der Waals surface area contributed by atoms with Crippen LogP contribution >= 0.6 is 11.6 Å². The zero-order valence-corrected chi connectivity index (χ0v) is 28.4. The fourth-order valence-electron chi connectivity index (χ4n) is 7.41. The topological polar surface area (TPSA) is 126 Å². The molecule has 3 saturated heterocycles. The maximum atomic E-state index is 15.4. The maximum Gasteiger partial charge on any atom is 0.407 e. The molecule has 0 saturated carbocycles. The predicted molar refractivity (Wildman–Crippen MR) is 175 cm³/mol. The van der Waals surface area contributed by atoms with Crippen LogP contribution in [0.3, 0.4) is 0 Å². The van der Waals surface area contributed by atoms with Crippen molar-refractivity contribution in [2.24, 2.45) is 5.92 Å². The van der Waals surface area contributed by atoms with Gasteiger partial charge in [0.15, 0.2) is 0 Å². The van der Waals surface area contributed by atoms with Gasteiger partial charge in [0, 0.05) is 42.3 Å². The molecule has 3 aliphatic heterocycles. The standard InChI is InChI=1S/C33H43ClF2N4O6S/c1-19-14-22(15-20(2)46-19)30(21-9-12-26(34)28(36)16-21)31(39-33(42)45-3)32(41)38-29-8-4-7-27(35)25(29)11-10-24-17-37-23-6-5-13-47(43,44)40(24)18-23/h4,7-9,12,16,19-20,22-24,30-31,37H,5-6,10-11,13-15,17-18H2,1-3H3,(H,38,41)(H,39,42)/t19-,20+,22?,23-,24+,30+,31?/m1/s1. The minimum atomic E-state index is -3.44. The number of anilines is 1. The van der Waals surface area contributed by atoms with E-state index >= 15 is 4.39 Å². The van der Waals surface area contributed by atoms with Gasteiger partial charge in [-0.1, -0.05) is 23.7 Å². The van der Waals surface area contributed by atoms with Gasteiger partial charge in [0.2, 0.25) is 15.9 Å². The number of sulfonamides is 1. The Morgan fingerprint density at radius 3 is 2.60 bits per heavy atom. The number of ether oxygens (including phenoxy) is 2. The Kier molecular flexibility index (Phi) is 11.4. The Balaban J connectivity index is 1.44. The van der Waals surface area contributed by atoms with Crippen molar-refractivity contribution in [1.29, 1.82) is 0 Å². The molecule has 8 atom stereocenters. The average Bonchev–Trinajstić information content (AvgIpc) is 3.13. The smallest absolute Gasteiger partial charge is 0.407 e. The summed E-state index contributed by atoms with van der Waals surface area (Å²) in [7, 11) is -2.26.